The summed E-state index contributed by atoms with van der Waals surface area (Å²) in [5, 5.41) is 7.56. The Balaban J connectivity index is 1.36. The van der Waals surface area contributed by atoms with Crippen molar-refractivity contribution in [3.63, 3.8) is 0 Å². The van der Waals surface area contributed by atoms with E-state index < -0.39 is 5.60 Å². The molecule has 0 bridgehead atoms. The van der Waals surface area contributed by atoms with E-state index in [0.29, 0.717) is 31.9 Å². The van der Waals surface area contributed by atoms with Crippen LogP contribution < -0.4 is 15.5 Å². The van der Waals surface area contributed by atoms with Gasteiger partial charge in [0.25, 0.3) is 0 Å². The summed E-state index contributed by atoms with van der Waals surface area (Å²) in [6.07, 6.45) is 0.916. The molecule has 1 atom stereocenters. The molecule has 0 unspecified atom stereocenters. The van der Waals surface area contributed by atoms with Gasteiger partial charge in [0.1, 0.15) is 11.4 Å². The molecule has 208 valence electrons. The van der Waals surface area contributed by atoms with Gasteiger partial charge in [0.05, 0.1) is 5.52 Å². The van der Waals surface area contributed by atoms with Crippen molar-refractivity contribution in [1.29, 1.82) is 0 Å². The van der Waals surface area contributed by atoms with Gasteiger partial charge in [0.2, 0.25) is 11.9 Å². The maximum absolute atomic E-state index is 12.9. The topological polar surface area (TPSA) is 99.7 Å². The minimum Gasteiger partial charge on any atom is -0.444 e. The molecule has 0 spiro atoms. The van der Waals surface area contributed by atoms with Crippen molar-refractivity contribution >= 4 is 40.4 Å². The summed E-state index contributed by atoms with van der Waals surface area (Å²) in [5.74, 6) is 1.28. The number of likely N-dealkylation sites (tertiary alicyclic amines) is 1. The zero-order valence-electron chi connectivity index (χ0n) is 24.0. The first-order chi connectivity index (χ1) is 18.4. The van der Waals surface area contributed by atoms with Gasteiger partial charge in [-0.15, -0.1) is 0 Å². The molecule has 0 radical (unpaired) electrons. The molecule has 9 heteroatoms. The van der Waals surface area contributed by atoms with Crippen molar-refractivity contribution in [3.8, 4) is 0 Å². The Hall–Kier alpha value is -3.88. The van der Waals surface area contributed by atoms with E-state index in [1.165, 1.54) is 0 Å². The zero-order valence-corrected chi connectivity index (χ0v) is 24.0. The second-order valence-electron chi connectivity index (χ2n) is 11.5. The van der Waals surface area contributed by atoms with E-state index in [1.807, 2.05) is 64.0 Å². The van der Waals surface area contributed by atoms with Crippen LogP contribution in [0, 0.1) is 12.8 Å². The van der Waals surface area contributed by atoms with Gasteiger partial charge in [0.15, 0.2) is 0 Å². The lowest BCUT2D eigenvalue weighted by atomic mass is 9.96. The number of benzene rings is 2. The molecule has 1 aliphatic rings. The Bertz CT molecular complexity index is 1330. The highest BCUT2D eigenvalue weighted by atomic mass is 16.6. The summed E-state index contributed by atoms with van der Waals surface area (Å²) < 4.78 is 5.45. The molecule has 2 aromatic carbocycles. The summed E-state index contributed by atoms with van der Waals surface area (Å²) in [7, 11) is 3.86. The number of aryl methyl sites for hydroxylation is 1. The Morgan fingerprint density at radius 2 is 1.72 bits per heavy atom. The highest BCUT2D eigenvalue weighted by Crippen LogP contribution is 2.28. The Morgan fingerprint density at radius 3 is 2.33 bits per heavy atom. The minimum absolute atomic E-state index is 0.0126. The van der Waals surface area contributed by atoms with Gasteiger partial charge in [-0.1, -0.05) is 18.2 Å². The number of carbonyl (C=O) groups excluding carboxylic acids is 2. The van der Waals surface area contributed by atoms with Gasteiger partial charge in [-0.05, 0) is 82.9 Å². The van der Waals surface area contributed by atoms with Crippen LogP contribution in [0.3, 0.4) is 0 Å². The Morgan fingerprint density at radius 1 is 1.05 bits per heavy atom. The second-order valence-corrected chi connectivity index (χ2v) is 11.5. The third-order valence-electron chi connectivity index (χ3n) is 6.79. The fourth-order valence-electron chi connectivity index (χ4n) is 4.58. The molecule has 2 heterocycles. The number of rotatable bonds is 6. The molecular weight excluding hydrogens is 492 g/mol. The van der Waals surface area contributed by atoms with Crippen LogP contribution in [0.15, 0.2) is 42.5 Å². The molecule has 1 saturated heterocycles. The van der Waals surface area contributed by atoms with E-state index in [-0.39, 0.29) is 24.0 Å². The summed E-state index contributed by atoms with van der Waals surface area (Å²) >= 11 is 0. The van der Waals surface area contributed by atoms with Gasteiger partial charge in [-0.25, -0.2) is 9.78 Å². The van der Waals surface area contributed by atoms with Gasteiger partial charge < -0.3 is 25.2 Å². The number of hydrogen-bond donors (Lipinski definition) is 2. The molecule has 1 aromatic heterocycles. The minimum atomic E-state index is -0.526. The van der Waals surface area contributed by atoms with E-state index >= 15 is 0 Å². The van der Waals surface area contributed by atoms with Crippen LogP contribution in [0.2, 0.25) is 0 Å². The predicted octanol–water partition coefficient (Wildman–Crippen LogP) is 5.76. The number of ether oxygens (including phenoxy) is 1. The first-order valence-electron chi connectivity index (χ1n) is 13.5. The predicted molar refractivity (Wildman–Crippen MR) is 156 cm³/mol. The van der Waals surface area contributed by atoms with Gasteiger partial charge in [-0.2, -0.15) is 4.98 Å². The molecule has 0 aliphatic carbocycles. The largest absolute Gasteiger partial charge is 0.444 e. The van der Waals surface area contributed by atoms with E-state index in [0.717, 1.165) is 33.5 Å². The number of aromatic nitrogens is 2. The number of piperidine rings is 1. The van der Waals surface area contributed by atoms with Crippen molar-refractivity contribution in [3.05, 3.63) is 53.6 Å². The highest BCUT2D eigenvalue weighted by Gasteiger charge is 2.30. The van der Waals surface area contributed by atoms with Crippen molar-refractivity contribution in [2.75, 3.05) is 42.7 Å². The fourth-order valence-corrected chi connectivity index (χ4v) is 4.58. The molecule has 2 N–H and O–H groups in total. The van der Waals surface area contributed by atoms with Crippen LogP contribution in [0.5, 0.6) is 0 Å². The van der Waals surface area contributed by atoms with Crippen LogP contribution in [0.4, 0.5) is 22.2 Å². The average Bonchev–Trinajstić information content (AvgIpc) is 2.87. The quantitative estimate of drug-likeness (QED) is 0.416. The van der Waals surface area contributed by atoms with E-state index in [2.05, 4.69) is 47.7 Å². The number of fused-ring (bicyclic) bond motifs is 1. The van der Waals surface area contributed by atoms with Crippen LogP contribution in [-0.4, -0.2) is 59.7 Å². The second kappa shape index (κ2) is 11.5. The Labute approximate surface area is 230 Å². The molecule has 4 rings (SSSR count). The van der Waals surface area contributed by atoms with Crippen LogP contribution in [0.1, 0.15) is 57.7 Å². The SMILES string of the molecule is Cc1ccc2c(N[C@@H](C)c3ccc(NC(=O)C4CCN(C(=O)OC(C)(C)C)CC4)cc3)nc(N(C)C)nc2c1. The first kappa shape index (κ1) is 28.1. The molecule has 1 aliphatic heterocycles. The molecule has 1 fully saturated rings. The lowest BCUT2D eigenvalue weighted by Gasteiger charge is -2.32. The van der Waals surface area contributed by atoms with E-state index in [1.54, 1.807) is 4.90 Å². The summed E-state index contributed by atoms with van der Waals surface area (Å²) in [5.41, 5.74) is 3.35. The third-order valence-corrected chi connectivity index (χ3v) is 6.79. The van der Waals surface area contributed by atoms with Crippen LogP contribution in [-0.2, 0) is 9.53 Å². The molecule has 0 saturated carbocycles. The maximum Gasteiger partial charge on any atom is 0.410 e. The number of carbonyl (C=O) groups is 2. The zero-order chi connectivity index (χ0) is 28.3. The lowest BCUT2D eigenvalue weighted by Crippen LogP contribution is -2.43. The maximum atomic E-state index is 12.9. The van der Waals surface area contributed by atoms with Gasteiger partial charge in [0, 0.05) is 50.2 Å². The smallest absolute Gasteiger partial charge is 0.410 e. The highest BCUT2D eigenvalue weighted by molar-refractivity contribution is 5.93. The van der Waals surface area contributed by atoms with Crippen molar-refractivity contribution in [1.82, 2.24) is 14.9 Å². The normalized spacial score (nSPS) is 15.1. The summed E-state index contributed by atoms with van der Waals surface area (Å²) in [6.45, 7) is 10.7. The fraction of sp³-hybridized carbons (Fsp3) is 0.467. The monoisotopic (exact) mass is 532 g/mol. The molecule has 39 heavy (non-hydrogen) atoms. The summed E-state index contributed by atoms with van der Waals surface area (Å²) in [4.78, 5) is 38.2. The van der Waals surface area contributed by atoms with Gasteiger partial charge >= 0.3 is 6.09 Å². The van der Waals surface area contributed by atoms with E-state index in [4.69, 9.17) is 9.72 Å². The van der Waals surface area contributed by atoms with Crippen LogP contribution >= 0.6 is 0 Å². The molecule has 3 aromatic rings. The number of anilines is 3. The number of nitrogens with one attached hydrogen (secondary N) is 2. The number of hydrogen-bond acceptors (Lipinski definition) is 7. The standard InChI is InChI=1S/C30H40N6O3/c1-19-8-13-24-25(18-19)33-28(35(6)7)34-26(24)31-20(2)21-9-11-23(12-10-21)32-27(37)22-14-16-36(17-15-22)29(38)39-30(3,4)5/h8-13,18,20,22H,14-17H2,1-7H3,(H,32,37)(H,31,33,34)/t20-/m0/s1. The van der Waals surface area contributed by atoms with Gasteiger partial charge in [-0.3, -0.25) is 4.79 Å². The van der Waals surface area contributed by atoms with Crippen molar-refractivity contribution in [2.24, 2.45) is 5.92 Å². The lowest BCUT2D eigenvalue weighted by molar-refractivity contribution is -0.121. The molecule has 9 nitrogen and oxygen atoms in total. The number of amides is 2. The Kier molecular flexibility index (Phi) is 8.28. The molecular formula is C30H40N6O3. The van der Waals surface area contributed by atoms with Crippen LogP contribution in [0.25, 0.3) is 10.9 Å². The third kappa shape index (κ3) is 7.16. The average molecular weight is 533 g/mol. The first-order valence-corrected chi connectivity index (χ1v) is 13.5. The van der Waals surface area contributed by atoms with E-state index in [9.17, 15) is 9.59 Å². The molecule has 2 amide bonds. The number of nitrogens with zero attached hydrogens (tertiary/aromatic N) is 4. The van der Waals surface area contributed by atoms with Crippen molar-refractivity contribution in [2.45, 2.75) is 59.1 Å². The van der Waals surface area contributed by atoms with Crippen molar-refractivity contribution < 1.29 is 14.3 Å². The summed E-state index contributed by atoms with van der Waals surface area (Å²) in [6, 6.07) is 14.0.